The SMILES string of the molecule is CCN1CCN(C(C)CNC(=NC)NCCCc2ccc(Br)cc2F)CC1. The van der Waals surface area contributed by atoms with Crippen LogP contribution >= 0.6 is 15.9 Å². The van der Waals surface area contributed by atoms with Crippen molar-refractivity contribution < 1.29 is 4.39 Å². The van der Waals surface area contributed by atoms with Crippen LogP contribution in [-0.4, -0.2) is 74.7 Å². The molecule has 5 nitrogen and oxygen atoms in total. The van der Waals surface area contributed by atoms with Gasteiger partial charge in [-0.05, 0) is 44.0 Å². The standard InChI is InChI=1S/C20H33BrFN5/c1-4-26-10-12-27(13-11-26)16(2)15-25-20(23-3)24-9-5-6-17-7-8-18(21)14-19(17)22/h7-8,14,16H,4-6,9-13,15H2,1-3H3,(H2,23,24,25). The summed E-state index contributed by atoms with van der Waals surface area (Å²) in [7, 11) is 1.79. The molecule has 0 spiro atoms. The molecule has 1 saturated heterocycles. The van der Waals surface area contributed by atoms with Crippen molar-refractivity contribution in [2.45, 2.75) is 32.7 Å². The van der Waals surface area contributed by atoms with E-state index in [4.69, 9.17) is 0 Å². The number of rotatable bonds is 8. The molecule has 1 fully saturated rings. The van der Waals surface area contributed by atoms with Crippen LogP contribution < -0.4 is 10.6 Å². The molecule has 2 N–H and O–H groups in total. The molecule has 0 radical (unpaired) electrons. The summed E-state index contributed by atoms with van der Waals surface area (Å²) in [5, 5.41) is 6.74. The quantitative estimate of drug-likeness (QED) is 0.369. The van der Waals surface area contributed by atoms with E-state index < -0.39 is 0 Å². The Balaban J connectivity index is 1.65. The third kappa shape index (κ3) is 7.39. The van der Waals surface area contributed by atoms with Crippen molar-refractivity contribution in [1.82, 2.24) is 20.4 Å². The number of nitrogens with zero attached hydrogens (tertiary/aromatic N) is 3. The summed E-state index contributed by atoms with van der Waals surface area (Å²) in [5.41, 5.74) is 0.753. The number of likely N-dealkylation sites (N-methyl/N-ethyl adjacent to an activating group) is 1. The van der Waals surface area contributed by atoms with Crippen LogP contribution in [0.15, 0.2) is 27.7 Å². The lowest BCUT2D eigenvalue weighted by molar-refractivity contribution is 0.107. The number of hydrogen-bond donors (Lipinski definition) is 2. The molecule has 1 aliphatic rings. The fraction of sp³-hybridized carbons (Fsp3) is 0.650. The average Bonchev–Trinajstić information content (AvgIpc) is 2.68. The van der Waals surface area contributed by atoms with Crippen molar-refractivity contribution in [3.8, 4) is 0 Å². The van der Waals surface area contributed by atoms with Crippen molar-refractivity contribution >= 4 is 21.9 Å². The Morgan fingerprint density at radius 3 is 2.63 bits per heavy atom. The fourth-order valence-corrected chi connectivity index (χ4v) is 3.66. The van der Waals surface area contributed by atoms with Crippen molar-refractivity contribution in [3.05, 3.63) is 34.1 Å². The van der Waals surface area contributed by atoms with Gasteiger partial charge >= 0.3 is 0 Å². The number of aliphatic imine (C=N–C) groups is 1. The molecule has 1 heterocycles. The van der Waals surface area contributed by atoms with Gasteiger partial charge in [0.25, 0.3) is 0 Å². The smallest absolute Gasteiger partial charge is 0.191 e. The zero-order valence-corrected chi connectivity index (χ0v) is 18.4. The second kappa shape index (κ2) is 11.6. The molecule has 1 aromatic carbocycles. The van der Waals surface area contributed by atoms with Gasteiger partial charge in [0.05, 0.1) is 0 Å². The van der Waals surface area contributed by atoms with Crippen LogP contribution in [0.5, 0.6) is 0 Å². The van der Waals surface area contributed by atoms with Crippen LogP contribution in [0.1, 0.15) is 25.8 Å². The van der Waals surface area contributed by atoms with E-state index in [2.05, 4.69) is 55.2 Å². The summed E-state index contributed by atoms with van der Waals surface area (Å²) in [6.45, 7) is 11.8. The lowest BCUT2D eigenvalue weighted by Crippen LogP contribution is -2.53. The zero-order chi connectivity index (χ0) is 19.6. The molecule has 1 aromatic rings. The van der Waals surface area contributed by atoms with Gasteiger partial charge in [-0.2, -0.15) is 0 Å². The number of nitrogens with one attached hydrogen (secondary N) is 2. The summed E-state index contributed by atoms with van der Waals surface area (Å²) in [6.07, 6.45) is 1.56. The topological polar surface area (TPSA) is 42.9 Å². The first-order valence-electron chi connectivity index (χ1n) is 9.88. The van der Waals surface area contributed by atoms with E-state index in [-0.39, 0.29) is 5.82 Å². The van der Waals surface area contributed by atoms with Gasteiger partial charge in [0.1, 0.15) is 5.82 Å². The van der Waals surface area contributed by atoms with Crippen LogP contribution in [0.4, 0.5) is 4.39 Å². The number of piperazine rings is 1. The molecule has 0 aliphatic carbocycles. The molecule has 1 unspecified atom stereocenters. The lowest BCUT2D eigenvalue weighted by atomic mass is 10.1. The average molecular weight is 442 g/mol. The Kier molecular flexibility index (Phi) is 9.51. The van der Waals surface area contributed by atoms with Crippen molar-refractivity contribution in [2.75, 3.05) is 52.9 Å². The van der Waals surface area contributed by atoms with Crippen molar-refractivity contribution in [3.63, 3.8) is 0 Å². The van der Waals surface area contributed by atoms with E-state index in [1.165, 1.54) is 6.07 Å². The zero-order valence-electron chi connectivity index (χ0n) is 16.8. The highest BCUT2D eigenvalue weighted by molar-refractivity contribution is 9.10. The number of aryl methyl sites for hydroxylation is 1. The second-order valence-corrected chi connectivity index (χ2v) is 7.95. The maximum Gasteiger partial charge on any atom is 0.191 e. The molecular weight excluding hydrogens is 409 g/mol. The Morgan fingerprint density at radius 1 is 1.26 bits per heavy atom. The summed E-state index contributed by atoms with van der Waals surface area (Å²) >= 11 is 3.29. The van der Waals surface area contributed by atoms with Gasteiger partial charge in [-0.1, -0.05) is 28.9 Å². The van der Waals surface area contributed by atoms with E-state index in [0.29, 0.717) is 12.5 Å². The number of halogens is 2. The van der Waals surface area contributed by atoms with Crippen LogP contribution in [0.25, 0.3) is 0 Å². The van der Waals surface area contributed by atoms with Crippen LogP contribution in [-0.2, 0) is 6.42 Å². The maximum absolute atomic E-state index is 13.8. The third-order valence-corrected chi connectivity index (χ3v) is 5.69. The van der Waals surface area contributed by atoms with E-state index >= 15 is 0 Å². The minimum Gasteiger partial charge on any atom is -0.356 e. The lowest BCUT2D eigenvalue weighted by Gasteiger charge is -2.37. The van der Waals surface area contributed by atoms with Crippen molar-refractivity contribution in [2.24, 2.45) is 4.99 Å². The van der Waals surface area contributed by atoms with E-state index in [1.807, 2.05) is 12.1 Å². The van der Waals surface area contributed by atoms with Gasteiger partial charge in [-0.25, -0.2) is 4.39 Å². The number of benzene rings is 1. The van der Waals surface area contributed by atoms with Gasteiger partial charge in [-0.3, -0.25) is 9.89 Å². The van der Waals surface area contributed by atoms with Crippen molar-refractivity contribution in [1.29, 1.82) is 0 Å². The van der Waals surface area contributed by atoms with E-state index in [0.717, 1.165) is 68.2 Å². The highest BCUT2D eigenvalue weighted by Gasteiger charge is 2.20. The predicted octanol–water partition coefficient (Wildman–Crippen LogP) is 2.71. The van der Waals surface area contributed by atoms with Gasteiger partial charge in [0.2, 0.25) is 0 Å². The Morgan fingerprint density at radius 2 is 2.00 bits per heavy atom. The molecule has 152 valence electrons. The summed E-state index contributed by atoms with van der Waals surface area (Å²) in [6, 6.07) is 5.71. The number of hydrogen-bond acceptors (Lipinski definition) is 3. The Bertz CT molecular complexity index is 602. The molecule has 2 rings (SSSR count). The van der Waals surface area contributed by atoms with E-state index in [1.54, 1.807) is 7.05 Å². The maximum atomic E-state index is 13.8. The summed E-state index contributed by atoms with van der Waals surface area (Å²) < 4.78 is 14.6. The van der Waals surface area contributed by atoms with Gasteiger partial charge < -0.3 is 15.5 Å². The van der Waals surface area contributed by atoms with Gasteiger partial charge in [0.15, 0.2) is 5.96 Å². The Hall–Kier alpha value is -1.18. The molecule has 1 aliphatic heterocycles. The first kappa shape index (κ1) is 22.1. The Labute approximate surface area is 171 Å². The molecular formula is C20H33BrFN5. The summed E-state index contributed by atoms with van der Waals surface area (Å²) in [4.78, 5) is 9.31. The second-order valence-electron chi connectivity index (χ2n) is 7.04. The third-order valence-electron chi connectivity index (χ3n) is 5.20. The monoisotopic (exact) mass is 441 g/mol. The predicted molar refractivity (Wildman–Crippen MR) is 115 cm³/mol. The molecule has 1 atom stereocenters. The normalized spacial score (nSPS) is 17.7. The minimum atomic E-state index is -0.149. The first-order chi connectivity index (χ1) is 13.0. The summed E-state index contributed by atoms with van der Waals surface area (Å²) in [5.74, 6) is 0.661. The first-order valence-corrected chi connectivity index (χ1v) is 10.7. The molecule has 0 saturated carbocycles. The molecule has 7 heteroatoms. The minimum absolute atomic E-state index is 0.149. The highest BCUT2D eigenvalue weighted by Crippen LogP contribution is 2.16. The molecule has 27 heavy (non-hydrogen) atoms. The van der Waals surface area contributed by atoms with Gasteiger partial charge in [0, 0.05) is 56.8 Å². The molecule has 0 aromatic heterocycles. The molecule has 0 amide bonds. The van der Waals surface area contributed by atoms with E-state index in [9.17, 15) is 4.39 Å². The van der Waals surface area contributed by atoms with Crippen LogP contribution in [0.2, 0.25) is 0 Å². The van der Waals surface area contributed by atoms with Crippen LogP contribution in [0, 0.1) is 5.82 Å². The number of guanidine groups is 1. The van der Waals surface area contributed by atoms with Gasteiger partial charge in [-0.15, -0.1) is 0 Å². The van der Waals surface area contributed by atoms with Crippen LogP contribution in [0.3, 0.4) is 0 Å². The largest absolute Gasteiger partial charge is 0.356 e. The highest BCUT2D eigenvalue weighted by atomic mass is 79.9. The fourth-order valence-electron chi connectivity index (χ4n) is 3.32. The molecule has 0 bridgehead atoms.